The second-order valence-corrected chi connectivity index (χ2v) is 6.92. The summed E-state index contributed by atoms with van der Waals surface area (Å²) in [6, 6.07) is 1.24. The highest BCUT2D eigenvalue weighted by Crippen LogP contribution is 2.33. The minimum absolute atomic E-state index is 0.0353. The third kappa shape index (κ3) is 4.73. The highest BCUT2D eigenvalue weighted by molar-refractivity contribution is 4.93. The van der Waals surface area contributed by atoms with Crippen LogP contribution in [0.4, 0.5) is 0 Å². The molecule has 0 aromatic rings. The average Bonchev–Trinajstić information content (AvgIpc) is 2.76. The molecular weight excluding hydrogens is 238 g/mol. The molecule has 2 aliphatic heterocycles. The first-order chi connectivity index (χ1) is 9.10. The number of ether oxygens (including phenoxy) is 2. The summed E-state index contributed by atoms with van der Waals surface area (Å²) in [4.78, 5) is 0. The molecule has 0 bridgehead atoms. The minimum Gasteiger partial charge on any atom is -0.378 e. The van der Waals surface area contributed by atoms with Gasteiger partial charge >= 0.3 is 0 Å². The van der Waals surface area contributed by atoms with Crippen LogP contribution in [0.15, 0.2) is 0 Å². The van der Waals surface area contributed by atoms with Gasteiger partial charge in [0.1, 0.15) is 0 Å². The fourth-order valence-electron chi connectivity index (χ4n) is 3.35. The van der Waals surface area contributed by atoms with Crippen molar-refractivity contribution in [3.63, 3.8) is 0 Å². The lowest BCUT2D eigenvalue weighted by Gasteiger charge is -2.38. The lowest BCUT2D eigenvalue weighted by molar-refractivity contribution is -0.0902. The maximum Gasteiger partial charge on any atom is 0.0951 e. The van der Waals surface area contributed by atoms with Crippen LogP contribution in [0, 0.1) is 5.92 Å². The molecule has 3 nitrogen and oxygen atoms in total. The van der Waals surface area contributed by atoms with Gasteiger partial charge in [-0.15, -0.1) is 0 Å². The second-order valence-electron chi connectivity index (χ2n) is 6.92. The summed E-state index contributed by atoms with van der Waals surface area (Å²) in [5.41, 5.74) is 0.0353. The van der Waals surface area contributed by atoms with Gasteiger partial charge in [0.05, 0.1) is 12.2 Å². The smallest absolute Gasteiger partial charge is 0.0951 e. The molecule has 2 rings (SSSR count). The van der Waals surface area contributed by atoms with Gasteiger partial charge < -0.3 is 14.8 Å². The molecule has 0 saturated carbocycles. The van der Waals surface area contributed by atoms with E-state index in [0.29, 0.717) is 12.1 Å². The molecule has 3 heteroatoms. The van der Waals surface area contributed by atoms with E-state index in [9.17, 15) is 0 Å². The Morgan fingerprint density at radius 1 is 1.21 bits per heavy atom. The third-order valence-corrected chi connectivity index (χ3v) is 4.50. The summed E-state index contributed by atoms with van der Waals surface area (Å²) in [6.07, 6.45) is 7.32. The van der Waals surface area contributed by atoms with Gasteiger partial charge in [-0.1, -0.05) is 26.7 Å². The van der Waals surface area contributed by atoms with Crippen molar-refractivity contribution < 1.29 is 9.47 Å². The van der Waals surface area contributed by atoms with Gasteiger partial charge in [-0.2, -0.15) is 0 Å². The number of hydrogen-bond donors (Lipinski definition) is 1. The first kappa shape index (κ1) is 15.3. The quantitative estimate of drug-likeness (QED) is 0.803. The predicted octanol–water partition coefficient (Wildman–Crippen LogP) is 3.13. The zero-order valence-corrected chi connectivity index (χ0v) is 12.9. The van der Waals surface area contributed by atoms with E-state index in [-0.39, 0.29) is 5.60 Å². The van der Waals surface area contributed by atoms with Crippen LogP contribution in [0.2, 0.25) is 0 Å². The standard InChI is InChI=1S/C16H31NO2/c1-13(2)5-4-6-14(3)17-15-7-9-19-16(11-15)8-10-18-12-16/h13-15,17H,4-12H2,1-3H3. The molecule has 0 amide bonds. The zero-order valence-electron chi connectivity index (χ0n) is 12.9. The Morgan fingerprint density at radius 2 is 2.05 bits per heavy atom. The molecule has 0 radical (unpaired) electrons. The fourth-order valence-corrected chi connectivity index (χ4v) is 3.35. The van der Waals surface area contributed by atoms with Crippen LogP contribution in [-0.4, -0.2) is 37.5 Å². The summed E-state index contributed by atoms with van der Waals surface area (Å²) >= 11 is 0. The SMILES string of the molecule is CC(C)CCCC(C)NC1CCOC2(CCOC2)C1. The molecule has 2 heterocycles. The number of rotatable bonds is 6. The van der Waals surface area contributed by atoms with Gasteiger partial charge in [0, 0.05) is 31.7 Å². The summed E-state index contributed by atoms with van der Waals surface area (Å²) in [5, 5.41) is 3.81. The van der Waals surface area contributed by atoms with Crippen LogP contribution in [0.1, 0.15) is 59.3 Å². The molecule has 0 aromatic carbocycles. The molecule has 0 aliphatic carbocycles. The van der Waals surface area contributed by atoms with Gasteiger partial charge in [-0.3, -0.25) is 0 Å². The van der Waals surface area contributed by atoms with Crippen molar-refractivity contribution >= 4 is 0 Å². The van der Waals surface area contributed by atoms with Gasteiger partial charge in [-0.25, -0.2) is 0 Å². The predicted molar refractivity (Wildman–Crippen MR) is 78.4 cm³/mol. The molecule has 3 atom stereocenters. The first-order valence-corrected chi connectivity index (χ1v) is 8.07. The van der Waals surface area contributed by atoms with Crippen molar-refractivity contribution in [3.8, 4) is 0 Å². The van der Waals surface area contributed by atoms with E-state index in [0.717, 1.165) is 45.0 Å². The second kappa shape index (κ2) is 7.05. The monoisotopic (exact) mass is 269 g/mol. The van der Waals surface area contributed by atoms with Gasteiger partial charge in [0.2, 0.25) is 0 Å². The van der Waals surface area contributed by atoms with E-state index in [1.54, 1.807) is 0 Å². The summed E-state index contributed by atoms with van der Waals surface area (Å²) in [6.45, 7) is 9.50. The topological polar surface area (TPSA) is 30.5 Å². The Labute approximate surface area is 118 Å². The zero-order chi connectivity index (χ0) is 13.7. The van der Waals surface area contributed by atoms with Crippen molar-refractivity contribution in [2.75, 3.05) is 19.8 Å². The van der Waals surface area contributed by atoms with Gasteiger partial charge in [0.15, 0.2) is 0 Å². The Bertz CT molecular complexity index is 261. The van der Waals surface area contributed by atoms with Crippen molar-refractivity contribution in [1.29, 1.82) is 0 Å². The van der Waals surface area contributed by atoms with Gasteiger partial charge in [0.25, 0.3) is 0 Å². The van der Waals surface area contributed by atoms with Crippen LogP contribution in [0.25, 0.3) is 0 Å². The lowest BCUT2D eigenvalue weighted by atomic mass is 9.89. The molecule has 19 heavy (non-hydrogen) atoms. The van der Waals surface area contributed by atoms with Crippen molar-refractivity contribution in [1.82, 2.24) is 5.32 Å². The molecule has 2 fully saturated rings. The van der Waals surface area contributed by atoms with E-state index in [1.165, 1.54) is 19.3 Å². The van der Waals surface area contributed by atoms with Crippen LogP contribution >= 0.6 is 0 Å². The Hall–Kier alpha value is -0.120. The maximum atomic E-state index is 5.99. The van der Waals surface area contributed by atoms with E-state index >= 15 is 0 Å². The summed E-state index contributed by atoms with van der Waals surface area (Å²) in [7, 11) is 0. The van der Waals surface area contributed by atoms with E-state index in [2.05, 4.69) is 26.1 Å². The van der Waals surface area contributed by atoms with E-state index in [1.807, 2.05) is 0 Å². The largest absolute Gasteiger partial charge is 0.378 e. The Balaban J connectivity index is 1.69. The fraction of sp³-hybridized carbons (Fsp3) is 1.00. The van der Waals surface area contributed by atoms with Crippen molar-refractivity contribution in [3.05, 3.63) is 0 Å². The molecule has 0 aromatic heterocycles. The van der Waals surface area contributed by atoms with Crippen molar-refractivity contribution in [2.45, 2.75) is 77.0 Å². The van der Waals surface area contributed by atoms with Gasteiger partial charge in [-0.05, 0) is 32.1 Å². The average molecular weight is 269 g/mol. The molecule has 1 spiro atoms. The van der Waals surface area contributed by atoms with Crippen LogP contribution in [0.3, 0.4) is 0 Å². The maximum absolute atomic E-state index is 5.99. The molecular formula is C16H31NO2. The first-order valence-electron chi connectivity index (χ1n) is 8.07. The molecule has 3 unspecified atom stereocenters. The third-order valence-electron chi connectivity index (χ3n) is 4.50. The van der Waals surface area contributed by atoms with Crippen LogP contribution in [0.5, 0.6) is 0 Å². The Morgan fingerprint density at radius 3 is 2.74 bits per heavy atom. The summed E-state index contributed by atoms with van der Waals surface area (Å²) in [5.74, 6) is 0.828. The molecule has 2 saturated heterocycles. The normalized spacial score (nSPS) is 33.2. The minimum atomic E-state index is 0.0353. The molecule has 112 valence electrons. The lowest BCUT2D eigenvalue weighted by Crippen LogP contribution is -2.49. The van der Waals surface area contributed by atoms with E-state index < -0.39 is 0 Å². The van der Waals surface area contributed by atoms with Crippen LogP contribution < -0.4 is 5.32 Å². The molecule has 1 N–H and O–H groups in total. The number of hydrogen-bond acceptors (Lipinski definition) is 3. The Kier molecular flexibility index (Phi) is 5.67. The molecule has 2 aliphatic rings. The highest BCUT2D eigenvalue weighted by Gasteiger charge is 2.41. The number of nitrogens with one attached hydrogen (secondary N) is 1. The van der Waals surface area contributed by atoms with Crippen molar-refractivity contribution in [2.24, 2.45) is 5.92 Å². The summed E-state index contributed by atoms with van der Waals surface area (Å²) < 4.78 is 11.5. The highest BCUT2D eigenvalue weighted by atomic mass is 16.6. The van der Waals surface area contributed by atoms with Crippen LogP contribution in [-0.2, 0) is 9.47 Å². The van der Waals surface area contributed by atoms with E-state index in [4.69, 9.17) is 9.47 Å².